The number of rotatable bonds is 3. The van der Waals surface area contributed by atoms with E-state index in [0.717, 1.165) is 18.2 Å². The first-order chi connectivity index (χ1) is 7.71. The van der Waals surface area contributed by atoms with Crippen LogP contribution in [0.3, 0.4) is 0 Å². The summed E-state index contributed by atoms with van der Waals surface area (Å²) in [6.45, 7) is 1.17. The number of aromatic carboxylic acids is 1. The van der Waals surface area contributed by atoms with Crippen LogP contribution in [-0.2, 0) is 13.8 Å². The molecule has 1 aromatic rings. The zero-order valence-corrected chi connectivity index (χ0v) is 10.2. The normalized spacial score (nSPS) is 10.9. The van der Waals surface area contributed by atoms with E-state index >= 15 is 0 Å². The van der Waals surface area contributed by atoms with Gasteiger partial charge < -0.3 is 10.4 Å². The minimum Gasteiger partial charge on any atom is -0.478 e. The van der Waals surface area contributed by atoms with Crippen molar-refractivity contribution in [1.82, 2.24) is 0 Å². The van der Waals surface area contributed by atoms with Gasteiger partial charge in [0, 0.05) is 17.6 Å². The SMILES string of the molecule is CC(=O)Nc1cc(S(=O)(=O)Cl)ccc1C(=O)O. The number of carboxylic acids is 1. The van der Waals surface area contributed by atoms with E-state index in [9.17, 15) is 18.0 Å². The van der Waals surface area contributed by atoms with Gasteiger partial charge in [-0.1, -0.05) is 0 Å². The second kappa shape index (κ2) is 4.72. The van der Waals surface area contributed by atoms with E-state index in [0.29, 0.717) is 0 Å². The van der Waals surface area contributed by atoms with Gasteiger partial charge in [-0.15, -0.1) is 0 Å². The van der Waals surface area contributed by atoms with Crippen LogP contribution in [0.5, 0.6) is 0 Å². The van der Waals surface area contributed by atoms with Crippen LogP contribution >= 0.6 is 10.7 Å². The molecular formula is C9H8ClNO5S. The molecule has 0 bridgehead atoms. The molecule has 0 aromatic heterocycles. The van der Waals surface area contributed by atoms with Crippen molar-refractivity contribution in [2.75, 3.05) is 5.32 Å². The molecule has 0 aliphatic carbocycles. The van der Waals surface area contributed by atoms with Crippen molar-refractivity contribution in [1.29, 1.82) is 0 Å². The van der Waals surface area contributed by atoms with Gasteiger partial charge in [-0.25, -0.2) is 13.2 Å². The average molecular weight is 278 g/mol. The molecule has 0 aliphatic heterocycles. The number of carbonyl (C=O) groups excluding carboxylic acids is 1. The summed E-state index contributed by atoms with van der Waals surface area (Å²) in [6.07, 6.45) is 0. The van der Waals surface area contributed by atoms with Crippen LogP contribution in [0.4, 0.5) is 5.69 Å². The molecule has 0 aliphatic rings. The summed E-state index contributed by atoms with van der Waals surface area (Å²) in [4.78, 5) is 21.4. The van der Waals surface area contributed by atoms with Crippen molar-refractivity contribution >= 4 is 37.3 Å². The Morgan fingerprint density at radius 1 is 1.35 bits per heavy atom. The van der Waals surface area contributed by atoms with Gasteiger partial charge in [0.25, 0.3) is 9.05 Å². The summed E-state index contributed by atoms with van der Waals surface area (Å²) in [7, 11) is 1.14. The first kappa shape index (κ1) is 13.5. The van der Waals surface area contributed by atoms with Crippen LogP contribution in [0, 0.1) is 0 Å². The largest absolute Gasteiger partial charge is 0.478 e. The van der Waals surface area contributed by atoms with Crippen LogP contribution in [0.2, 0.25) is 0 Å². The molecule has 2 N–H and O–H groups in total. The highest BCUT2D eigenvalue weighted by atomic mass is 35.7. The quantitative estimate of drug-likeness (QED) is 0.810. The number of halogens is 1. The van der Waals surface area contributed by atoms with Gasteiger partial charge in [0.1, 0.15) is 0 Å². The van der Waals surface area contributed by atoms with E-state index in [4.69, 9.17) is 15.8 Å². The molecule has 1 aromatic carbocycles. The summed E-state index contributed by atoms with van der Waals surface area (Å²) < 4.78 is 22.1. The maximum Gasteiger partial charge on any atom is 0.337 e. The lowest BCUT2D eigenvalue weighted by atomic mass is 10.2. The number of hydrogen-bond acceptors (Lipinski definition) is 4. The molecule has 0 saturated carbocycles. The number of hydrogen-bond donors (Lipinski definition) is 2. The molecule has 0 unspecified atom stereocenters. The second-order valence-electron chi connectivity index (χ2n) is 3.13. The lowest BCUT2D eigenvalue weighted by Gasteiger charge is -2.07. The van der Waals surface area contributed by atoms with Gasteiger partial charge in [-0.2, -0.15) is 0 Å². The number of amides is 1. The van der Waals surface area contributed by atoms with Crippen LogP contribution in [0.25, 0.3) is 0 Å². The summed E-state index contributed by atoms with van der Waals surface area (Å²) in [5.41, 5.74) is -0.337. The molecule has 8 heteroatoms. The first-order valence-electron chi connectivity index (χ1n) is 4.31. The molecule has 17 heavy (non-hydrogen) atoms. The van der Waals surface area contributed by atoms with E-state index in [1.54, 1.807) is 0 Å². The predicted octanol–water partition coefficient (Wildman–Crippen LogP) is 1.27. The monoisotopic (exact) mass is 277 g/mol. The number of carbonyl (C=O) groups is 2. The minimum absolute atomic E-state index is 0.119. The topological polar surface area (TPSA) is 101 Å². The minimum atomic E-state index is -3.98. The van der Waals surface area contributed by atoms with Crippen LogP contribution in [-0.4, -0.2) is 25.4 Å². The first-order valence-corrected chi connectivity index (χ1v) is 6.62. The van der Waals surface area contributed by atoms with Gasteiger partial charge in [0.15, 0.2) is 0 Å². The Morgan fingerprint density at radius 3 is 2.35 bits per heavy atom. The van der Waals surface area contributed by atoms with Crippen molar-refractivity contribution < 1.29 is 23.1 Å². The Balaban J connectivity index is 3.39. The lowest BCUT2D eigenvalue weighted by Crippen LogP contribution is -2.11. The van der Waals surface area contributed by atoms with Crippen LogP contribution in [0.15, 0.2) is 23.1 Å². The van der Waals surface area contributed by atoms with Gasteiger partial charge in [-0.3, -0.25) is 4.79 Å². The fraction of sp³-hybridized carbons (Fsp3) is 0.111. The van der Waals surface area contributed by atoms with Gasteiger partial charge in [-0.05, 0) is 18.2 Å². The molecule has 0 radical (unpaired) electrons. The number of carboxylic acid groups (broad SMARTS) is 1. The third-order valence-electron chi connectivity index (χ3n) is 1.81. The molecule has 0 saturated heterocycles. The fourth-order valence-corrected chi connectivity index (χ4v) is 1.93. The van der Waals surface area contributed by atoms with Crippen molar-refractivity contribution in [3.8, 4) is 0 Å². The molecule has 0 fully saturated rings. The van der Waals surface area contributed by atoms with E-state index in [1.165, 1.54) is 6.92 Å². The van der Waals surface area contributed by atoms with Gasteiger partial charge in [0.05, 0.1) is 16.1 Å². The van der Waals surface area contributed by atoms with Crippen molar-refractivity contribution in [2.45, 2.75) is 11.8 Å². The maximum absolute atomic E-state index is 11.1. The van der Waals surface area contributed by atoms with Crippen molar-refractivity contribution in [2.24, 2.45) is 0 Å². The van der Waals surface area contributed by atoms with Gasteiger partial charge >= 0.3 is 5.97 Å². The van der Waals surface area contributed by atoms with E-state index in [-0.39, 0.29) is 16.1 Å². The van der Waals surface area contributed by atoms with Crippen LogP contribution in [0.1, 0.15) is 17.3 Å². The Bertz CT molecular complexity index is 581. The highest BCUT2D eigenvalue weighted by Gasteiger charge is 2.16. The summed E-state index contributed by atoms with van der Waals surface area (Å²) >= 11 is 0. The summed E-state index contributed by atoms with van der Waals surface area (Å²) in [5, 5.41) is 11.1. The smallest absolute Gasteiger partial charge is 0.337 e. The molecule has 1 rings (SSSR count). The molecule has 6 nitrogen and oxygen atoms in total. The maximum atomic E-state index is 11.1. The third kappa shape index (κ3) is 3.43. The van der Waals surface area contributed by atoms with Crippen molar-refractivity contribution in [3.05, 3.63) is 23.8 Å². The number of anilines is 1. The number of benzene rings is 1. The molecule has 92 valence electrons. The predicted molar refractivity (Wildman–Crippen MR) is 60.7 cm³/mol. The third-order valence-corrected chi connectivity index (χ3v) is 3.17. The molecule has 0 atom stereocenters. The summed E-state index contributed by atoms with van der Waals surface area (Å²) in [6, 6.07) is 3.10. The van der Waals surface area contributed by atoms with Crippen LogP contribution < -0.4 is 5.32 Å². The molecule has 0 spiro atoms. The fourth-order valence-electron chi connectivity index (χ4n) is 1.15. The lowest BCUT2D eigenvalue weighted by molar-refractivity contribution is -0.114. The molecule has 1 amide bonds. The Hall–Kier alpha value is -1.60. The molecular weight excluding hydrogens is 270 g/mol. The average Bonchev–Trinajstić information content (AvgIpc) is 2.14. The van der Waals surface area contributed by atoms with E-state index in [2.05, 4.69) is 5.32 Å². The van der Waals surface area contributed by atoms with E-state index in [1.807, 2.05) is 0 Å². The Morgan fingerprint density at radius 2 is 1.94 bits per heavy atom. The van der Waals surface area contributed by atoms with Crippen molar-refractivity contribution in [3.63, 3.8) is 0 Å². The standard InChI is InChI=1S/C9H8ClNO5S/c1-5(12)11-8-4-6(17(10,15)16)2-3-7(8)9(13)14/h2-4H,1H3,(H,11,12)(H,13,14). The molecule has 0 heterocycles. The zero-order chi connectivity index (χ0) is 13.2. The van der Waals surface area contributed by atoms with E-state index < -0.39 is 20.9 Å². The second-order valence-corrected chi connectivity index (χ2v) is 5.70. The van der Waals surface area contributed by atoms with Gasteiger partial charge in [0.2, 0.25) is 5.91 Å². The highest BCUT2D eigenvalue weighted by molar-refractivity contribution is 8.13. The number of nitrogens with one attached hydrogen (secondary N) is 1. The zero-order valence-electron chi connectivity index (χ0n) is 8.60. The Kier molecular flexibility index (Phi) is 3.74. The summed E-state index contributed by atoms with van der Waals surface area (Å²) in [5.74, 6) is -1.80. The highest BCUT2D eigenvalue weighted by Crippen LogP contribution is 2.23. The Labute approximate surface area is 102 Å².